The fourth-order valence-corrected chi connectivity index (χ4v) is 2.21. The van der Waals surface area contributed by atoms with Crippen LogP contribution in [-0.2, 0) is 6.42 Å². The minimum absolute atomic E-state index is 0.607. The van der Waals surface area contributed by atoms with Crippen LogP contribution in [0.4, 0.5) is 11.5 Å². The van der Waals surface area contributed by atoms with Crippen molar-refractivity contribution in [1.82, 2.24) is 19.6 Å². The van der Waals surface area contributed by atoms with Gasteiger partial charge in [-0.15, -0.1) is 0 Å². The van der Waals surface area contributed by atoms with Crippen molar-refractivity contribution >= 4 is 17.3 Å². The number of aryl methyl sites for hydroxylation is 2. The Morgan fingerprint density at radius 1 is 1.20 bits per heavy atom. The van der Waals surface area contributed by atoms with E-state index in [1.54, 1.807) is 4.52 Å². The number of hydrogen-bond donors (Lipinski definition) is 1. The van der Waals surface area contributed by atoms with Crippen LogP contribution in [0.5, 0.6) is 0 Å². The second-order valence-corrected chi connectivity index (χ2v) is 4.83. The lowest BCUT2D eigenvalue weighted by Gasteiger charge is -2.09. The summed E-state index contributed by atoms with van der Waals surface area (Å²) in [6, 6.07) is 10.4. The van der Waals surface area contributed by atoms with Gasteiger partial charge in [0.25, 0.3) is 5.78 Å². The Labute approximate surface area is 117 Å². The van der Waals surface area contributed by atoms with Crippen molar-refractivity contribution in [2.75, 3.05) is 5.32 Å². The van der Waals surface area contributed by atoms with Crippen LogP contribution in [0, 0.1) is 6.92 Å². The summed E-state index contributed by atoms with van der Waals surface area (Å²) in [4.78, 5) is 8.45. The molecule has 1 aromatic carbocycles. The molecule has 3 aromatic rings. The second kappa shape index (κ2) is 5.28. The van der Waals surface area contributed by atoms with Gasteiger partial charge in [-0.05, 0) is 31.0 Å². The molecule has 102 valence electrons. The average Bonchev–Trinajstić information content (AvgIpc) is 2.89. The Morgan fingerprint density at radius 2 is 2.00 bits per heavy atom. The first kappa shape index (κ1) is 12.6. The van der Waals surface area contributed by atoms with E-state index in [-0.39, 0.29) is 0 Å². The lowest BCUT2D eigenvalue weighted by atomic mass is 10.1. The number of fused-ring (bicyclic) bond motifs is 1. The molecule has 2 aromatic heterocycles. The first-order valence-electron chi connectivity index (χ1n) is 6.79. The van der Waals surface area contributed by atoms with Gasteiger partial charge in [0.05, 0.1) is 0 Å². The van der Waals surface area contributed by atoms with Gasteiger partial charge in [-0.25, -0.2) is 4.98 Å². The number of rotatable bonds is 4. The van der Waals surface area contributed by atoms with Crippen LogP contribution in [0.25, 0.3) is 5.78 Å². The number of aromatic nitrogens is 4. The zero-order valence-corrected chi connectivity index (χ0v) is 11.7. The first-order chi connectivity index (χ1) is 9.76. The minimum Gasteiger partial charge on any atom is -0.340 e. The van der Waals surface area contributed by atoms with E-state index in [0.717, 1.165) is 30.0 Å². The number of nitrogens with zero attached hydrogens (tertiary/aromatic N) is 4. The Balaban J connectivity index is 1.90. The molecule has 5 heteroatoms. The predicted molar refractivity (Wildman–Crippen MR) is 79.2 cm³/mol. The molecular weight excluding hydrogens is 250 g/mol. The molecule has 0 aliphatic carbocycles. The fraction of sp³-hybridized carbons (Fsp3) is 0.267. The molecule has 0 bridgehead atoms. The SMILES string of the molecule is CCCc1ccc(Nc2cc(C)nc3ncnn23)cc1. The number of nitrogens with one attached hydrogen (secondary N) is 1. The summed E-state index contributed by atoms with van der Waals surface area (Å²) < 4.78 is 1.70. The molecule has 1 N–H and O–H groups in total. The first-order valence-corrected chi connectivity index (χ1v) is 6.79. The summed E-state index contributed by atoms with van der Waals surface area (Å²) in [7, 11) is 0. The normalized spacial score (nSPS) is 10.9. The van der Waals surface area contributed by atoms with E-state index in [9.17, 15) is 0 Å². The van der Waals surface area contributed by atoms with Gasteiger partial charge in [0.15, 0.2) is 0 Å². The third-order valence-electron chi connectivity index (χ3n) is 3.14. The molecule has 0 atom stereocenters. The molecule has 0 aliphatic rings. The van der Waals surface area contributed by atoms with Gasteiger partial charge in [0, 0.05) is 17.4 Å². The van der Waals surface area contributed by atoms with Crippen molar-refractivity contribution in [2.45, 2.75) is 26.7 Å². The molecule has 20 heavy (non-hydrogen) atoms. The van der Waals surface area contributed by atoms with Crippen LogP contribution >= 0.6 is 0 Å². The van der Waals surface area contributed by atoms with E-state index in [1.165, 1.54) is 11.9 Å². The zero-order valence-electron chi connectivity index (χ0n) is 11.7. The number of benzene rings is 1. The highest BCUT2D eigenvalue weighted by Crippen LogP contribution is 2.18. The van der Waals surface area contributed by atoms with E-state index < -0.39 is 0 Å². The number of anilines is 2. The summed E-state index contributed by atoms with van der Waals surface area (Å²) in [6.45, 7) is 4.14. The van der Waals surface area contributed by atoms with E-state index in [1.807, 2.05) is 13.0 Å². The molecule has 0 spiro atoms. The highest BCUT2D eigenvalue weighted by Gasteiger charge is 2.05. The Hall–Kier alpha value is -2.43. The molecule has 0 saturated heterocycles. The second-order valence-electron chi connectivity index (χ2n) is 4.83. The van der Waals surface area contributed by atoms with Gasteiger partial charge in [-0.2, -0.15) is 14.6 Å². The van der Waals surface area contributed by atoms with E-state index >= 15 is 0 Å². The van der Waals surface area contributed by atoms with Crippen LogP contribution in [0.15, 0.2) is 36.7 Å². The van der Waals surface area contributed by atoms with E-state index in [4.69, 9.17) is 0 Å². The van der Waals surface area contributed by atoms with Crippen molar-refractivity contribution in [1.29, 1.82) is 0 Å². The topological polar surface area (TPSA) is 55.1 Å². The molecule has 0 unspecified atom stereocenters. The largest absolute Gasteiger partial charge is 0.340 e. The highest BCUT2D eigenvalue weighted by molar-refractivity contribution is 5.58. The minimum atomic E-state index is 0.607. The van der Waals surface area contributed by atoms with Crippen molar-refractivity contribution in [2.24, 2.45) is 0 Å². The molecule has 3 rings (SSSR count). The van der Waals surface area contributed by atoms with E-state index in [0.29, 0.717) is 5.78 Å². The molecule has 0 saturated carbocycles. The van der Waals surface area contributed by atoms with Crippen molar-refractivity contribution < 1.29 is 0 Å². The van der Waals surface area contributed by atoms with Gasteiger partial charge in [-0.1, -0.05) is 25.5 Å². The van der Waals surface area contributed by atoms with Crippen LogP contribution in [-0.4, -0.2) is 19.6 Å². The summed E-state index contributed by atoms with van der Waals surface area (Å²) in [6.07, 6.45) is 3.79. The molecule has 0 amide bonds. The van der Waals surface area contributed by atoms with Gasteiger partial charge in [-0.3, -0.25) is 0 Å². The standard InChI is InChI=1S/C15H17N5/c1-3-4-12-5-7-13(8-6-12)19-14-9-11(2)18-15-16-10-17-20(14)15/h5-10,19H,3-4H2,1-2H3. The van der Waals surface area contributed by atoms with E-state index in [2.05, 4.69) is 51.6 Å². The summed E-state index contributed by atoms with van der Waals surface area (Å²) in [5, 5.41) is 7.55. The maximum atomic E-state index is 4.33. The van der Waals surface area contributed by atoms with Crippen LogP contribution < -0.4 is 5.32 Å². The van der Waals surface area contributed by atoms with Gasteiger partial charge >= 0.3 is 0 Å². The number of hydrogen-bond acceptors (Lipinski definition) is 4. The molecule has 0 radical (unpaired) electrons. The average molecular weight is 267 g/mol. The maximum Gasteiger partial charge on any atom is 0.254 e. The van der Waals surface area contributed by atoms with Crippen LogP contribution in [0.1, 0.15) is 24.6 Å². The third-order valence-corrected chi connectivity index (χ3v) is 3.14. The van der Waals surface area contributed by atoms with Gasteiger partial charge < -0.3 is 5.32 Å². The van der Waals surface area contributed by atoms with Gasteiger partial charge in [0.2, 0.25) is 0 Å². The molecule has 0 aliphatic heterocycles. The van der Waals surface area contributed by atoms with Crippen molar-refractivity contribution in [3.05, 3.63) is 47.9 Å². The maximum absolute atomic E-state index is 4.33. The predicted octanol–water partition coefficient (Wildman–Crippen LogP) is 3.13. The molecule has 2 heterocycles. The highest BCUT2D eigenvalue weighted by atomic mass is 15.3. The summed E-state index contributed by atoms with van der Waals surface area (Å²) in [5.41, 5.74) is 3.30. The smallest absolute Gasteiger partial charge is 0.254 e. The Kier molecular flexibility index (Phi) is 3.33. The van der Waals surface area contributed by atoms with Gasteiger partial charge in [0.1, 0.15) is 12.1 Å². The fourth-order valence-electron chi connectivity index (χ4n) is 2.21. The van der Waals surface area contributed by atoms with Crippen molar-refractivity contribution in [3.63, 3.8) is 0 Å². The van der Waals surface area contributed by atoms with Crippen molar-refractivity contribution in [3.8, 4) is 0 Å². The van der Waals surface area contributed by atoms with Crippen LogP contribution in [0.3, 0.4) is 0 Å². The quantitative estimate of drug-likeness (QED) is 0.789. The lowest BCUT2D eigenvalue weighted by molar-refractivity contribution is 0.921. The Morgan fingerprint density at radius 3 is 2.75 bits per heavy atom. The molecule has 5 nitrogen and oxygen atoms in total. The Bertz CT molecular complexity index is 715. The monoisotopic (exact) mass is 267 g/mol. The summed E-state index contributed by atoms with van der Waals surface area (Å²) >= 11 is 0. The molecular formula is C15H17N5. The zero-order chi connectivity index (χ0) is 13.9. The third kappa shape index (κ3) is 2.47. The summed E-state index contributed by atoms with van der Waals surface area (Å²) in [5.74, 6) is 1.48. The molecule has 0 fully saturated rings. The lowest BCUT2D eigenvalue weighted by Crippen LogP contribution is -2.02. The van der Waals surface area contributed by atoms with Crippen LogP contribution in [0.2, 0.25) is 0 Å².